The van der Waals surface area contributed by atoms with Crippen LogP contribution >= 0.6 is 27.5 Å². The molecule has 0 saturated heterocycles. The minimum Gasteiger partial charge on any atom is -0.294 e. The van der Waals surface area contributed by atoms with Crippen molar-refractivity contribution in [1.82, 2.24) is 0 Å². The van der Waals surface area contributed by atoms with Crippen LogP contribution in [0.15, 0.2) is 22.7 Å². The van der Waals surface area contributed by atoms with E-state index in [1.165, 1.54) is 12.1 Å². The summed E-state index contributed by atoms with van der Waals surface area (Å²) >= 11 is 8.95. The maximum Gasteiger partial charge on any atom is 0.389 e. The Kier molecular flexibility index (Phi) is 5.01. The molecule has 0 aliphatic heterocycles. The van der Waals surface area contributed by atoms with Crippen molar-refractivity contribution < 1.29 is 18.0 Å². The van der Waals surface area contributed by atoms with Crippen LogP contribution in [0.3, 0.4) is 0 Å². The first kappa shape index (κ1) is 14.5. The second kappa shape index (κ2) is 5.87. The Morgan fingerprint density at radius 2 is 2.00 bits per heavy atom. The second-order valence-electron chi connectivity index (χ2n) is 3.52. The Bertz CT molecular complexity index is 418. The van der Waals surface area contributed by atoms with E-state index in [1.54, 1.807) is 6.07 Å². The van der Waals surface area contributed by atoms with Gasteiger partial charge >= 0.3 is 6.18 Å². The van der Waals surface area contributed by atoms with Gasteiger partial charge in [-0.3, -0.25) is 4.79 Å². The zero-order valence-corrected chi connectivity index (χ0v) is 11.0. The number of Topliss-reactive ketones (excluding diaryl/α,β-unsaturated/α-hetero) is 1. The predicted octanol–water partition coefficient (Wildman–Crippen LogP) is 5.02. The fraction of sp³-hybridized carbons (Fsp3) is 0.364. The Labute approximate surface area is 110 Å². The number of alkyl halides is 3. The molecular weight excluding hydrogens is 320 g/mol. The average Bonchev–Trinajstić information content (AvgIpc) is 2.20. The minimum absolute atomic E-state index is 0.128. The molecule has 0 aromatic heterocycles. The molecule has 0 aliphatic carbocycles. The quantitative estimate of drug-likeness (QED) is 0.709. The number of rotatable bonds is 4. The summed E-state index contributed by atoms with van der Waals surface area (Å²) in [5.74, 6) is -0.330. The highest BCUT2D eigenvalue weighted by Crippen LogP contribution is 2.25. The molecule has 0 N–H and O–H groups in total. The van der Waals surface area contributed by atoms with Gasteiger partial charge in [0.05, 0.1) is 5.02 Å². The van der Waals surface area contributed by atoms with Crippen LogP contribution in [-0.4, -0.2) is 12.0 Å². The van der Waals surface area contributed by atoms with Gasteiger partial charge in [-0.25, -0.2) is 0 Å². The third kappa shape index (κ3) is 5.08. The number of ketones is 1. The van der Waals surface area contributed by atoms with Crippen molar-refractivity contribution in [2.45, 2.75) is 25.4 Å². The third-order valence-corrected chi connectivity index (χ3v) is 3.34. The fourth-order valence-electron chi connectivity index (χ4n) is 1.26. The predicted molar refractivity (Wildman–Crippen MR) is 63.4 cm³/mol. The summed E-state index contributed by atoms with van der Waals surface area (Å²) in [6.45, 7) is 0. The molecule has 1 aromatic rings. The van der Waals surface area contributed by atoms with E-state index in [9.17, 15) is 18.0 Å². The number of halogens is 5. The molecule has 0 heterocycles. The van der Waals surface area contributed by atoms with Crippen molar-refractivity contribution in [3.05, 3.63) is 33.3 Å². The molecule has 0 spiro atoms. The molecule has 0 aliphatic rings. The van der Waals surface area contributed by atoms with Gasteiger partial charge in [0.15, 0.2) is 5.78 Å². The highest BCUT2D eigenvalue weighted by atomic mass is 79.9. The summed E-state index contributed by atoms with van der Waals surface area (Å²) in [7, 11) is 0. The van der Waals surface area contributed by atoms with Crippen LogP contribution < -0.4 is 0 Å². The molecule has 0 saturated carbocycles. The SMILES string of the molecule is O=C(CCCC(F)(F)F)c1ccc(Br)c(Cl)c1. The molecule has 17 heavy (non-hydrogen) atoms. The van der Waals surface area contributed by atoms with E-state index >= 15 is 0 Å². The van der Waals surface area contributed by atoms with Gasteiger partial charge in [-0.1, -0.05) is 17.7 Å². The van der Waals surface area contributed by atoms with Gasteiger partial charge in [-0.15, -0.1) is 0 Å². The van der Waals surface area contributed by atoms with Gasteiger partial charge in [-0.2, -0.15) is 13.2 Å². The van der Waals surface area contributed by atoms with E-state index < -0.39 is 12.6 Å². The van der Waals surface area contributed by atoms with Gasteiger partial charge in [0.25, 0.3) is 0 Å². The molecule has 0 unspecified atom stereocenters. The highest BCUT2D eigenvalue weighted by molar-refractivity contribution is 9.10. The van der Waals surface area contributed by atoms with Crippen LogP contribution in [0.25, 0.3) is 0 Å². The molecular formula is C11H9BrClF3O. The highest BCUT2D eigenvalue weighted by Gasteiger charge is 2.26. The summed E-state index contributed by atoms with van der Waals surface area (Å²) in [5, 5.41) is 0.367. The lowest BCUT2D eigenvalue weighted by atomic mass is 10.1. The van der Waals surface area contributed by atoms with Crippen LogP contribution in [0.1, 0.15) is 29.6 Å². The van der Waals surface area contributed by atoms with Crippen LogP contribution in [-0.2, 0) is 0 Å². The Balaban J connectivity index is 2.56. The van der Waals surface area contributed by atoms with Crippen LogP contribution in [0.4, 0.5) is 13.2 Å². The molecule has 0 bridgehead atoms. The summed E-state index contributed by atoms with van der Waals surface area (Å²) in [6.07, 6.45) is -5.48. The van der Waals surface area contributed by atoms with Crippen molar-refractivity contribution in [2.24, 2.45) is 0 Å². The zero-order chi connectivity index (χ0) is 13.1. The second-order valence-corrected chi connectivity index (χ2v) is 4.78. The molecule has 0 amide bonds. The van der Waals surface area contributed by atoms with Gasteiger partial charge in [0, 0.05) is 22.9 Å². The number of carbonyl (C=O) groups excluding carboxylic acids is 1. The summed E-state index contributed by atoms with van der Waals surface area (Å²) in [4.78, 5) is 11.6. The monoisotopic (exact) mass is 328 g/mol. The first-order valence-corrected chi connectivity index (χ1v) is 6.02. The lowest BCUT2D eigenvalue weighted by Crippen LogP contribution is -2.08. The molecule has 0 radical (unpaired) electrons. The Morgan fingerprint density at radius 3 is 2.53 bits per heavy atom. The van der Waals surface area contributed by atoms with Crippen LogP contribution in [0, 0.1) is 0 Å². The van der Waals surface area contributed by atoms with E-state index in [0.717, 1.165) is 0 Å². The third-order valence-electron chi connectivity index (χ3n) is 2.11. The lowest BCUT2D eigenvalue weighted by molar-refractivity contribution is -0.135. The standard InChI is InChI=1S/C11H9BrClF3O/c12-8-4-3-7(6-9(8)13)10(17)2-1-5-11(14,15)16/h3-4,6H,1-2,5H2. The number of benzene rings is 1. The first-order valence-electron chi connectivity index (χ1n) is 4.84. The number of hydrogen-bond donors (Lipinski definition) is 0. The average molecular weight is 330 g/mol. The summed E-state index contributed by atoms with van der Waals surface area (Å²) in [6, 6.07) is 4.58. The minimum atomic E-state index is -4.21. The molecule has 1 aromatic carbocycles. The molecule has 0 atom stereocenters. The van der Waals surface area contributed by atoms with Crippen molar-refractivity contribution in [3.8, 4) is 0 Å². The molecule has 94 valence electrons. The molecule has 6 heteroatoms. The van der Waals surface area contributed by atoms with Gasteiger partial charge in [-0.05, 0) is 34.5 Å². The van der Waals surface area contributed by atoms with E-state index in [1.807, 2.05) is 0 Å². The summed E-state index contributed by atoms with van der Waals surface area (Å²) in [5.41, 5.74) is 0.334. The first-order chi connectivity index (χ1) is 7.79. The molecule has 1 nitrogen and oxygen atoms in total. The Hall–Kier alpha value is -0.550. The maximum absolute atomic E-state index is 11.9. The van der Waals surface area contributed by atoms with Crippen LogP contribution in [0.5, 0.6) is 0 Å². The lowest BCUT2D eigenvalue weighted by Gasteiger charge is -2.06. The van der Waals surface area contributed by atoms with Gasteiger partial charge < -0.3 is 0 Å². The van der Waals surface area contributed by atoms with Crippen molar-refractivity contribution >= 4 is 33.3 Å². The van der Waals surface area contributed by atoms with Crippen LogP contribution in [0.2, 0.25) is 5.02 Å². The maximum atomic E-state index is 11.9. The molecule has 1 rings (SSSR count). The largest absolute Gasteiger partial charge is 0.389 e. The normalized spacial score (nSPS) is 11.6. The van der Waals surface area contributed by atoms with E-state index in [2.05, 4.69) is 15.9 Å². The van der Waals surface area contributed by atoms with E-state index in [-0.39, 0.29) is 18.6 Å². The number of carbonyl (C=O) groups is 1. The van der Waals surface area contributed by atoms with Crippen molar-refractivity contribution in [2.75, 3.05) is 0 Å². The van der Waals surface area contributed by atoms with Gasteiger partial charge in [0.1, 0.15) is 0 Å². The zero-order valence-electron chi connectivity index (χ0n) is 8.65. The summed E-state index contributed by atoms with van der Waals surface area (Å²) < 4.78 is 36.3. The fourth-order valence-corrected chi connectivity index (χ4v) is 1.69. The number of hydrogen-bond acceptors (Lipinski definition) is 1. The van der Waals surface area contributed by atoms with Gasteiger partial charge in [0.2, 0.25) is 0 Å². The van der Waals surface area contributed by atoms with Crippen molar-refractivity contribution in [3.63, 3.8) is 0 Å². The molecule has 0 fully saturated rings. The Morgan fingerprint density at radius 1 is 1.35 bits per heavy atom. The van der Waals surface area contributed by atoms with Crippen molar-refractivity contribution in [1.29, 1.82) is 0 Å². The van der Waals surface area contributed by atoms with E-state index in [0.29, 0.717) is 15.1 Å². The topological polar surface area (TPSA) is 17.1 Å². The smallest absolute Gasteiger partial charge is 0.294 e. The van der Waals surface area contributed by atoms with E-state index in [4.69, 9.17) is 11.6 Å².